The second kappa shape index (κ2) is 3.08. The van der Waals surface area contributed by atoms with E-state index in [1.54, 1.807) is 19.2 Å². The van der Waals surface area contributed by atoms with Gasteiger partial charge >= 0.3 is 10.2 Å². The summed E-state index contributed by atoms with van der Waals surface area (Å²) in [5, 5.41) is 5.56. The number of nitrogens with two attached hydrogens (primary N) is 1. The number of pyridine rings is 1. The zero-order chi connectivity index (χ0) is 9.19. The first kappa shape index (κ1) is 8.95. The maximum absolute atomic E-state index is 10.7. The van der Waals surface area contributed by atoms with Crippen LogP contribution in [0.2, 0.25) is 0 Å². The molecule has 0 radical (unpaired) electrons. The summed E-state index contributed by atoms with van der Waals surface area (Å²) in [5.41, 5.74) is 0. The highest BCUT2D eigenvalue weighted by Gasteiger charge is 2.00. The lowest BCUT2D eigenvalue weighted by atomic mass is 10.5. The number of hydrogen-bond acceptors (Lipinski definition) is 3. The molecule has 0 fully saturated rings. The lowest BCUT2D eigenvalue weighted by Crippen LogP contribution is -2.22. The van der Waals surface area contributed by atoms with Gasteiger partial charge in [-0.05, 0) is 12.1 Å². The van der Waals surface area contributed by atoms with Crippen LogP contribution in [0.15, 0.2) is 29.5 Å². The quantitative estimate of drug-likeness (QED) is 0.616. The average molecular weight is 187 g/mol. The van der Waals surface area contributed by atoms with Crippen molar-refractivity contribution in [2.45, 2.75) is 0 Å². The van der Waals surface area contributed by atoms with Crippen molar-refractivity contribution in [3.63, 3.8) is 0 Å². The normalized spacial score (nSPS) is 11.2. The number of aromatic nitrogens is 1. The van der Waals surface area contributed by atoms with Gasteiger partial charge in [0, 0.05) is 19.4 Å². The maximum atomic E-state index is 10.7. The molecule has 0 aliphatic heterocycles. The predicted octanol–water partition coefficient (Wildman–Crippen LogP) is -0.930. The Bertz CT molecular complexity index is 412. The average Bonchev–Trinajstić information content (AvgIpc) is 2.03. The molecule has 6 heteroatoms. The van der Waals surface area contributed by atoms with Crippen LogP contribution in [0, 0.1) is 0 Å². The largest absolute Gasteiger partial charge is 0.302 e. The third kappa shape index (κ3) is 1.93. The van der Waals surface area contributed by atoms with Crippen molar-refractivity contribution in [1.29, 1.82) is 0 Å². The Kier molecular flexibility index (Phi) is 2.30. The molecule has 1 aromatic rings. The lowest BCUT2D eigenvalue weighted by molar-refractivity contribution is 0.588. The molecule has 0 amide bonds. The minimum atomic E-state index is -3.65. The second-order valence-corrected chi connectivity index (χ2v) is 3.61. The molecular weight excluding hydrogens is 178 g/mol. The van der Waals surface area contributed by atoms with Gasteiger partial charge in [0.15, 0.2) is 0 Å². The molecule has 0 aliphatic rings. The Balaban J connectivity index is 3.27. The molecule has 0 atom stereocenters. The maximum Gasteiger partial charge on any atom is 0.302 e. The second-order valence-electron chi connectivity index (χ2n) is 2.15. The van der Waals surface area contributed by atoms with Gasteiger partial charge in [0.2, 0.25) is 0 Å². The summed E-state index contributed by atoms with van der Waals surface area (Å²) in [6, 6.07) is 3.12. The van der Waals surface area contributed by atoms with E-state index in [-0.39, 0.29) is 0 Å². The minimum Gasteiger partial charge on any atom is -0.289 e. The number of hydrogen-bond donors (Lipinski definition) is 1. The summed E-state index contributed by atoms with van der Waals surface area (Å²) in [4.78, 5) is 3.84. The van der Waals surface area contributed by atoms with Crippen LogP contribution in [0.3, 0.4) is 0 Å². The van der Waals surface area contributed by atoms with Crippen LogP contribution >= 0.6 is 0 Å². The smallest absolute Gasteiger partial charge is 0.289 e. The first-order valence-electron chi connectivity index (χ1n) is 3.18. The molecule has 0 aromatic carbocycles. The Hall–Kier alpha value is -1.14. The fourth-order valence-corrected chi connectivity index (χ4v) is 1.18. The van der Waals surface area contributed by atoms with Crippen molar-refractivity contribution in [3.8, 4) is 0 Å². The highest BCUT2D eigenvalue weighted by atomic mass is 32.2. The van der Waals surface area contributed by atoms with E-state index in [1.165, 1.54) is 12.4 Å². The molecule has 12 heavy (non-hydrogen) atoms. The lowest BCUT2D eigenvalue weighted by Gasteiger charge is -2.00. The van der Waals surface area contributed by atoms with Crippen molar-refractivity contribution < 1.29 is 8.42 Å². The van der Waals surface area contributed by atoms with E-state index in [0.717, 1.165) is 3.97 Å². The fraction of sp³-hybridized carbons (Fsp3) is 0.167. The summed E-state index contributed by atoms with van der Waals surface area (Å²) in [6.45, 7) is 0. The molecule has 0 spiro atoms. The van der Waals surface area contributed by atoms with E-state index in [4.69, 9.17) is 5.14 Å². The van der Waals surface area contributed by atoms with Crippen LogP contribution in [0.5, 0.6) is 0 Å². The minimum absolute atomic E-state index is 0.704. The van der Waals surface area contributed by atoms with Crippen molar-refractivity contribution in [3.05, 3.63) is 29.9 Å². The van der Waals surface area contributed by atoms with Gasteiger partial charge in [-0.3, -0.25) is 4.99 Å². The van der Waals surface area contributed by atoms with Crippen LogP contribution < -0.4 is 10.5 Å². The van der Waals surface area contributed by atoms with E-state index in [1.807, 2.05) is 0 Å². The topological polar surface area (TPSA) is 77.5 Å². The van der Waals surface area contributed by atoms with Crippen LogP contribution in [-0.2, 0) is 10.2 Å². The highest BCUT2D eigenvalue weighted by molar-refractivity contribution is 7.87. The predicted molar refractivity (Wildman–Crippen MR) is 44.4 cm³/mol. The standard InChI is InChI=1S/C6H9N3O2S/c1-8-6-2-4-9(5-3-6)12(7,10)11/h2-5H,1H3,(H2,7,10,11). The zero-order valence-electron chi connectivity index (χ0n) is 6.51. The Morgan fingerprint density at radius 1 is 1.42 bits per heavy atom. The number of rotatable bonds is 1. The van der Waals surface area contributed by atoms with Gasteiger partial charge in [0.25, 0.3) is 0 Å². The van der Waals surface area contributed by atoms with Crippen molar-refractivity contribution in [1.82, 2.24) is 3.97 Å². The van der Waals surface area contributed by atoms with Crippen molar-refractivity contribution in [2.24, 2.45) is 10.1 Å². The molecule has 66 valence electrons. The van der Waals surface area contributed by atoms with Gasteiger partial charge in [-0.15, -0.1) is 0 Å². The Morgan fingerprint density at radius 2 is 1.92 bits per heavy atom. The summed E-state index contributed by atoms with van der Waals surface area (Å²) in [7, 11) is -2.03. The van der Waals surface area contributed by atoms with Crippen LogP contribution in [0.25, 0.3) is 0 Å². The summed E-state index contributed by atoms with van der Waals surface area (Å²) < 4.78 is 22.4. The summed E-state index contributed by atoms with van der Waals surface area (Å²) in [6.07, 6.45) is 2.69. The molecule has 2 N–H and O–H groups in total. The molecule has 1 aromatic heterocycles. The number of nitrogens with zero attached hydrogens (tertiary/aromatic N) is 2. The Labute approximate surface area is 70.4 Å². The molecule has 0 bridgehead atoms. The van der Waals surface area contributed by atoms with Gasteiger partial charge in [-0.1, -0.05) is 0 Å². The highest BCUT2D eigenvalue weighted by Crippen LogP contribution is 1.86. The van der Waals surface area contributed by atoms with Crippen molar-refractivity contribution in [2.75, 3.05) is 7.05 Å². The molecule has 0 aliphatic carbocycles. The molecule has 1 heterocycles. The van der Waals surface area contributed by atoms with Gasteiger partial charge < -0.3 is 0 Å². The first-order valence-corrected chi connectivity index (χ1v) is 4.69. The van der Waals surface area contributed by atoms with Crippen LogP contribution in [-0.4, -0.2) is 19.4 Å². The molecule has 1 rings (SSSR count). The van der Waals surface area contributed by atoms with E-state index in [2.05, 4.69) is 4.99 Å². The van der Waals surface area contributed by atoms with E-state index in [9.17, 15) is 8.42 Å². The molecule has 0 unspecified atom stereocenters. The van der Waals surface area contributed by atoms with Gasteiger partial charge in [-0.25, -0.2) is 9.11 Å². The Morgan fingerprint density at radius 3 is 2.25 bits per heavy atom. The fourth-order valence-electron chi connectivity index (χ4n) is 0.724. The molecule has 0 saturated heterocycles. The van der Waals surface area contributed by atoms with Crippen LogP contribution in [0.4, 0.5) is 0 Å². The zero-order valence-corrected chi connectivity index (χ0v) is 7.32. The molecular formula is C6H9N3O2S. The third-order valence-corrected chi connectivity index (χ3v) is 2.17. The van der Waals surface area contributed by atoms with Gasteiger partial charge in [-0.2, -0.15) is 8.42 Å². The summed E-state index contributed by atoms with van der Waals surface area (Å²) in [5.74, 6) is 0. The van der Waals surface area contributed by atoms with E-state index >= 15 is 0 Å². The molecule has 0 saturated carbocycles. The third-order valence-electron chi connectivity index (χ3n) is 1.34. The van der Waals surface area contributed by atoms with Gasteiger partial charge in [0.1, 0.15) is 0 Å². The van der Waals surface area contributed by atoms with Gasteiger partial charge in [0.05, 0.1) is 5.36 Å². The SMILES string of the molecule is CN=c1ccn(S(N)(=O)=O)cc1. The van der Waals surface area contributed by atoms with E-state index in [0.29, 0.717) is 5.36 Å². The van der Waals surface area contributed by atoms with Crippen molar-refractivity contribution >= 4 is 10.2 Å². The summed E-state index contributed by atoms with van der Waals surface area (Å²) >= 11 is 0. The monoisotopic (exact) mass is 187 g/mol. The molecule has 5 nitrogen and oxygen atoms in total. The van der Waals surface area contributed by atoms with E-state index < -0.39 is 10.2 Å². The van der Waals surface area contributed by atoms with Crippen LogP contribution in [0.1, 0.15) is 0 Å². The first-order chi connectivity index (χ1) is 5.54.